The van der Waals surface area contributed by atoms with E-state index >= 15 is 0 Å². The van der Waals surface area contributed by atoms with Crippen LogP contribution in [0.4, 0.5) is 0 Å². The molecule has 0 aromatic rings. The van der Waals surface area contributed by atoms with Gasteiger partial charge in [-0.05, 0) is 31.6 Å². The minimum absolute atomic E-state index is 0.420. The van der Waals surface area contributed by atoms with Crippen molar-refractivity contribution in [1.82, 2.24) is 0 Å². The molecule has 2 N–H and O–H groups in total. The normalized spacial score (nSPS) is 33.7. The van der Waals surface area contributed by atoms with Crippen LogP contribution in [0.25, 0.3) is 0 Å². The van der Waals surface area contributed by atoms with E-state index in [4.69, 9.17) is 0 Å². The van der Waals surface area contributed by atoms with E-state index in [9.17, 15) is 15.0 Å². The summed E-state index contributed by atoms with van der Waals surface area (Å²) < 4.78 is 0. The van der Waals surface area contributed by atoms with Gasteiger partial charge in [-0.2, -0.15) is 0 Å². The van der Waals surface area contributed by atoms with Gasteiger partial charge in [0.05, 0.1) is 11.5 Å². The molecule has 1 aliphatic rings. The third kappa shape index (κ3) is 2.94. The molecule has 0 saturated heterocycles. The first-order valence-corrected chi connectivity index (χ1v) is 5.91. The van der Waals surface area contributed by atoms with Gasteiger partial charge in [-0.25, -0.2) is 0 Å². The highest BCUT2D eigenvalue weighted by molar-refractivity contribution is 5.74. The molecule has 0 radical (unpaired) electrons. The van der Waals surface area contributed by atoms with Crippen molar-refractivity contribution < 1.29 is 15.0 Å². The smallest absolute Gasteiger partial charge is 0.309 e. The maximum absolute atomic E-state index is 11.4. The first kappa shape index (κ1) is 12.5. The maximum atomic E-state index is 11.4. The van der Waals surface area contributed by atoms with Crippen LogP contribution in [0.1, 0.15) is 52.4 Å². The van der Waals surface area contributed by atoms with Crippen molar-refractivity contribution in [2.75, 3.05) is 0 Å². The number of aliphatic hydroxyl groups is 1. The van der Waals surface area contributed by atoms with Crippen molar-refractivity contribution in [3.63, 3.8) is 0 Å². The van der Waals surface area contributed by atoms with Crippen molar-refractivity contribution in [2.45, 2.75) is 58.5 Å². The van der Waals surface area contributed by atoms with E-state index < -0.39 is 17.5 Å². The van der Waals surface area contributed by atoms with Gasteiger partial charge < -0.3 is 10.2 Å². The Morgan fingerprint density at radius 1 is 1.60 bits per heavy atom. The maximum Gasteiger partial charge on any atom is 0.309 e. The molecule has 0 aromatic heterocycles. The molecule has 3 heteroatoms. The number of carboxylic acid groups (broad SMARTS) is 1. The number of carboxylic acids is 1. The second-order valence-electron chi connectivity index (χ2n) is 5.05. The van der Waals surface area contributed by atoms with Gasteiger partial charge >= 0.3 is 5.97 Å². The molecule has 0 spiro atoms. The van der Waals surface area contributed by atoms with Crippen LogP contribution in [-0.2, 0) is 4.79 Å². The zero-order valence-corrected chi connectivity index (χ0v) is 9.70. The van der Waals surface area contributed by atoms with Crippen molar-refractivity contribution in [3.8, 4) is 0 Å². The first-order valence-electron chi connectivity index (χ1n) is 5.91. The first-order chi connectivity index (χ1) is 7.00. The molecule has 0 aromatic carbocycles. The molecule has 88 valence electrons. The SMILES string of the molecule is CCC(O)CC1(C(=O)O)CCCC(C)C1. The van der Waals surface area contributed by atoms with Crippen molar-refractivity contribution in [1.29, 1.82) is 0 Å². The van der Waals surface area contributed by atoms with E-state index in [-0.39, 0.29) is 0 Å². The lowest BCUT2D eigenvalue weighted by atomic mass is 9.67. The van der Waals surface area contributed by atoms with Gasteiger partial charge in [-0.1, -0.05) is 26.7 Å². The zero-order valence-electron chi connectivity index (χ0n) is 9.70. The number of hydrogen-bond acceptors (Lipinski definition) is 2. The van der Waals surface area contributed by atoms with Crippen molar-refractivity contribution >= 4 is 5.97 Å². The largest absolute Gasteiger partial charge is 0.481 e. The van der Waals surface area contributed by atoms with Crippen LogP contribution in [0, 0.1) is 11.3 Å². The van der Waals surface area contributed by atoms with Gasteiger partial charge in [-0.15, -0.1) is 0 Å². The lowest BCUT2D eigenvalue weighted by molar-refractivity contribution is -0.154. The molecule has 3 atom stereocenters. The summed E-state index contributed by atoms with van der Waals surface area (Å²) >= 11 is 0. The summed E-state index contributed by atoms with van der Waals surface area (Å²) in [6.07, 6.45) is 4.14. The number of aliphatic hydroxyl groups excluding tert-OH is 1. The molecule has 15 heavy (non-hydrogen) atoms. The van der Waals surface area contributed by atoms with Gasteiger partial charge in [0.15, 0.2) is 0 Å². The van der Waals surface area contributed by atoms with Gasteiger partial charge in [0.25, 0.3) is 0 Å². The Bertz CT molecular complexity index is 227. The van der Waals surface area contributed by atoms with Crippen LogP contribution in [0.15, 0.2) is 0 Å². The van der Waals surface area contributed by atoms with E-state index in [2.05, 4.69) is 6.92 Å². The number of aliphatic carboxylic acids is 1. The quantitative estimate of drug-likeness (QED) is 0.755. The fraction of sp³-hybridized carbons (Fsp3) is 0.917. The van der Waals surface area contributed by atoms with Crippen LogP contribution in [-0.4, -0.2) is 22.3 Å². The van der Waals surface area contributed by atoms with Crippen molar-refractivity contribution in [2.24, 2.45) is 11.3 Å². The molecule has 3 nitrogen and oxygen atoms in total. The lowest BCUT2D eigenvalue weighted by Crippen LogP contribution is -2.38. The highest BCUT2D eigenvalue weighted by Crippen LogP contribution is 2.43. The molecule has 1 saturated carbocycles. The fourth-order valence-electron chi connectivity index (χ4n) is 2.72. The Balaban J connectivity index is 2.73. The Morgan fingerprint density at radius 3 is 2.73 bits per heavy atom. The molecule has 0 bridgehead atoms. The fourth-order valence-corrected chi connectivity index (χ4v) is 2.72. The summed E-state index contributed by atoms with van der Waals surface area (Å²) in [4.78, 5) is 11.4. The summed E-state index contributed by atoms with van der Waals surface area (Å²) in [5.41, 5.74) is -0.660. The minimum atomic E-state index is -0.721. The van der Waals surface area contributed by atoms with Gasteiger partial charge in [0.1, 0.15) is 0 Å². The third-order valence-electron chi connectivity index (χ3n) is 3.64. The number of hydrogen-bond donors (Lipinski definition) is 2. The predicted octanol–water partition coefficient (Wildman–Crippen LogP) is 2.43. The monoisotopic (exact) mass is 214 g/mol. The summed E-state index contributed by atoms with van der Waals surface area (Å²) in [5.74, 6) is -0.250. The third-order valence-corrected chi connectivity index (χ3v) is 3.64. The molecule has 1 aliphatic carbocycles. The highest BCUT2D eigenvalue weighted by Gasteiger charge is 2.42. The molecule has 0 amide bonds. The number of rotatable bonds is 4. The van der Waals surface area contributed by atoms with E-state index in [1.54, 1.807) is 0 Å². The average Bonchev–Trinajstić information content (AvgIpc) is 2.17. The van der Waals surface area contributed by atoms with Crippen LogP contribution in [0.5, 0.6) is 0 Å². The molecule has 0 aliphatic heterocycles. The molecule has 1 rings (SSSR count). The van der Waals surface area contributed by atoms with E-state index in [1.165, 1.54) is 0 Å². The zero-order chi connectivity index (χ0) is 11.5. The second-order valence-corrected chi connectivity index (χ2v) is 5.05. The molecular formula is C12H22O3. The standard InChI is InChI=1S/C12H22O3/c1-3-10(13)8-12(11(14)15)6-4-5-9(2)7-12/h9-10,13H,3-8H2,1-2H3,(H,14,15). The summed E-state index contributed by atoms with van der Waals surface area (Å²) in [5, 5.41) is 19.0. The minimum Gasteiger partial charge on any atom is -0.481 e. The van der Waals surface area contributed by atoms with E-state index in [1.807, 2.05) is 6.92 Å². The van der Waals surface area contributed by atoms with Crippen LogP contribution in [0.3, 0.4) is 0 Å². The Labute approximate surface area is 91.5 Å². The second kappa shape index (κ2) is 4.97. The van der Waals surface area contributed by atoms with Crippen molar-refractivity contribution in [3.05, 3.63) is 0 Å². The van der Waals surface area contributed by atoms with E-state index in [0.29, 0.717) is 18.8 Å². The average molecular weight is 214 g/mol. The molecule has 0 heterocycles. The van der Waals surface area contributed by atoms with E-state index in [0.717, 1.165) is 25.7 Å². The van der Waals surface area contributed by atoms with Crippen LogP contribution >= 0.6 is 0 Å². The van der Waals surface area contributed by atoms with Crippen LogP contribution in [0.2, 0.25) is 0 Å². The molecule has 3 unspecified atom stereocenters. The van der Waals surface area contributed by atoms with Gasteiger partial charge in [-0.3, -0.25) is 4.79 Å². The van der Waals surface area contributed by atoms with Crippen LogP contribution < -0.4 is 0 Å². The summed E-state index contributed by atoms with van der Waals surface area (Å²) in [6, 6.07) is 0. The Hall–Kier alpha value is -0.570. The topological polar surface area (TPSA) is 57.5 Å². The summed E-state index contributed by atoms with van der Waals surface area (Å²) in [6.45, 7) is 4.00. The molecule has 1 fully saturated rings. The van der Waals surface area contributed by atoms with Gasteiger partial charge in [0.2, 0.25) is 0 Å². The number of carbonyl (C=O) groups is 1. The predicted molar refractivity (Wildman–Crippen MR) is 58.6 cm³/mol. The Morgan fingerprint density at radius 2 is 2.27 bits per heavy atom. The molecular weight excluding hydrogens is 192 g/mol. The van der Waals surface area contributed by atoms with Gasteiger partial charge in [0, 0.05) is 0 Å². The summed E-state index contributed by atoms with van der Waals surface area (Å²) in [7, 11) is 0. The lowest BCUT2D eigenvalue weighted by Gasteiger charge is -2.37. The Kier molecular flexibility index (Phi) is 4.14. The highest BCUT2D eigenvalue weighted by atomic mass is 16.4.